The molecule has 0 aliphatic heterocycles. The van der Waals surface area contributed by atoms with Crippen molar-refractivity contribution in [3.63, 3.8) is 0 Å². The molecule has 0 amide bonds. The lowest BCUT2D eigenvalue weighted by atomic mass is 10.2. The van der Waals surface area contributed by atoms with Gasteiger partial charge in [0, 0.05) is 6.04 Å². The van der Waals surface area contributed by atoms with Crippen LogP contribution in [0.3, 0.4) is 0 Å². The molecule has 7 heavy (non-hydrogen) atoms. The van der Waals surface area contributed by atoms with Crippen LogP contribution in [0, 0.1) is 0 Å². The molecule has 0 spiro atoms. The molecule has 1 atom stereocenters. The van der Waals surface area contributed by atoms with Crippen LogP contribution in [0.4, 0.5) is 0 Å². The molecule has 1 nitrogen and oxygen atoms in total. The van der Waals surface area contributed by atoms with Crippen LogP contribution in [0.15, 0.2) is 0 Å². The van der Waals surface area contributed by atoms with Gasteiger partial charge in [0.25, 0.3) is 0 Å². The van der Waals surface area contributed by atoms with Gasteiger partial charge in [-0.25, -0.2) is 0 Å². The fraction of sp³-hybridized carbons (Fsp3) is 1.00. The largest absolute Gasteiger partial charge is 0.328 e. The predicted octanol–water partition coefficient (Wildman–Crippen LogP) is 1.04. The van der Waals surface area contributed by atoms with Crippen LogP contribution in [-0.2, 0) is 0 Å². The van der Waals surface area contributed by atoms with E-state index < -0.39 is 0 Å². The van der Waals surface area contributed by atoms with Crippen LogP contribution in [0.1, 0.15) is 19.8 Å². The molecule has 0 saturated carbocycles. The molecule has 1 unspecified atom stereocenters. The maximum atomic E-state index is 5.44. The molecule has 0 aliphatic carbocycles. The molecule has 0 aromatic heterocycles. The first-order chi connectivity index (χ1) is 3.27. The van der Waals surface area contributed by atoms with E-state index in [0.29, 0.717) is 6.04 Å². The highest BCUT2D eigenvalue weighted by Crippen LogP contribution is 1.93. The maximum Gasteiger partial charge on any atom is 0.00107 e. The number of nitrogens with two attached hydrogens (primary N) is 1. The minimum Gasteiger partial charge on any atom is -0.328 e. The van der Waals surface area contributed by atoms with E-state index in [1.54, 1.807) is 0 Å². The SMILES string of the molecule is CC(N)CCCS. The summed E-state index contributed by atoms with van der Waals surface area (Å²) in [7, 11) is 0. The number of rotatable bonds is 3. The second-order valence-electron chi connectivity index (χ2n) is 1.84. The van der Waals surface area contributed by atoms with Crippen molar-refractivity contribution in [2.24, 2.45) is 5.73 Å². The van der Waals surface area contributed by atoms with Crippen LogP contribution in [0.5, 0.6) is 0 Å². The fourth-order valence-corrected chi connectivity index (χ4v) is 0.596. The molecule has 2 N–H and O–H groups in total. The lowest BCUT2D eigenvalue weighted by molar-refractivity contribution is 0.657. The molecule has 0 saturated heterocycles. The Morgan fingerprint density at radius 2 is 2.29 bits per heavy atom. The molecule has 0 bridgehead atoms. The van der Waals surface area contributed by atoms with E-state index in [-0.39, 0.29) is 0 Å². The lowest BCUT2D eigenvalue weighted by Gasteiger charge is -1.99. The topological polar surface area (TPSA) is 26.0 Å². The third-order valence-corrected chi connectivity index (χ3v) is 1.13. The Balaban J connectivity index is 2.68. The first-order valence-electron chi connectivity index (χ1n) is 2.64. The highest BCUT2D eigenvalue weighted by molar-refractivity contribution is 7.80. The minimum atomic E-state index is 0.354. The summed E-state index contributed by atoms with van der Waals surface area (Å²) in [5.41, 5.74) is 5.44. The Morgan fingerprint density at radius 3 is 2.43 bits per heavy atom. The maximum absolute atomic E-state index is 5.44. The van der Waals surface area contributed by atoms with Crippen molar-refractivity contribution in [2.75, 3.05) is 5.75 Å². The molecule has 0 aromatic carbocycles. The number of thiol groups is 1. The fourth-order valence-electron chi connectivity index (χ4n) is 0.413. The number of hydrogen-bond acceptors (Lipinski definition) is 2. The zero-order valence-electron chi connectivity index (χ0n) is 4.72. The third kappa shape index (κ3) is 6.31. The van der Waals surface area contributed by atoms with Gasteiger partial charge < -0.3 is 5.73 Å². The highest BCUT2D eigenvalue weighted by Gasteiger charge is 1.89. The van der Waals surface area contributed by atoms with Crippen molar-refractivity contribution in [3.8, 4) is 0 Å². The molecule has 0 heterocycles. The molecule has 2 heteroatoms. The quantitative estimate of drug-likeness (QED) is 0.533. The summed E-state index contributed by atoms with van der Waals surface area (Å²) in [5, 5.41) is 0. The molecule has 0 aromatic rings. The van der Waals surface area contributed by atoms with Crippen LogP contribution in [0.25, 0.3) is 0 Å². The predicted molar refractivity (Wildman–Crippen MR) is 36.7 cm³/mol. The highest BCUT2D eigenvalue weighted by atomic mass is 32.1. The van der Waals surface area contributed by atoms with E-state index in [2.05, 4.69) is 12.6 Å². The summed E-state index contributed by atoms with van der Waals surface area (Å²) in [5.74, 6) is 0.960. The van der Waals surface area contributed by atoms with Crippen molar-refractivity contribution in [2.45, 2.75) is 25.8 Å². The van der Waals surface area contributed by atoms with Gasteiger partial charge in [-0.3, -0.25) is 0 Å². The van der Waals surface area contributed by atoms with Crippen LogP contribution in [0.2, 0.25) is 0 Å². The third-order valence-electron chi connectivity index (χ3n) is 0.818. The molecule has 0 rings (SSSR count). The van der Waals surface area contributed by atoms with E-state index in [1.165, 1.54) is 0 Å². The lowest BCUT2D eigenvalue weighted by Crippen LogP contribution is -2.14. The van der Waals surface area contributed by atoms with Gasteiger partial charge in [-0.15, -0.1) is 0 Å². The monoisotopic (exact) mass is 119 g/mol. The summed E-state index contributed by atoms with van der Waals surface area (Å²) in [6, 6.07) is 0.354. The Hall–Kier alpha value is 0.310. The average molecular weight is 119 g/mol. The summed E-state index contributed by atoms with van der Waals surface area (Å²) in [4.78, 5) is 0. The summed E-state index contributed by atoms with van der Waals surface area (Å²) < 4.78 is 0. The van der Waals surface area contributed by atoms with Crippen molar-refractivity contribution < 1.29 is 0 Å². The summed E-state index contributed by atoms with van der Waals surface area (Å²) in [6.45, 7) is 2.02. The molecule has 0 fully saturated rings. The second-order valence-corrected chi connectivity index (χ2v) is 2.29. The first-order valence-corrected chi connectivity index (χ1v) is 3.27. The van der Waals surface area contributed by atoms with E-state index in [4.69, 9.17) is 5.73 Å². The minimum absolute atomic E-state index is 0.354. The van der Waals surface area contributed by atoms with Crippen LogP contribution in [-0.4, -0.2) is 11.8 Å². The van der Waals surface area contributed by atoms with Gasteiger partial charge in [0.15, 0.2) is 0 Å². The standard InChI is InChI=1S/C5H13NS/c1-5(6)3-2-4-7/h5,7H,2-4,6H2,1H3. The van der Waals surface area contributed by atoms with E-state index in [1.807, 2.05) is 6.92 Å². The van der Waals surface area contributed by atoms with E-state index in [9.17, 15) is 0 Å². The van der Waals surface area contributed by atoms with Crippen LogP contribution < -0.4 is 5.73 Å². The Bertz CT molecular complexity index is 37.1. The summed E-state index contributed by atoms with van der Waals surface area (Å²) in [6.07, 6.45) is 2.24. The normalized spacial score (nSPS) is 14.1. The molecule has 0 aliphatic rings. The molecular formula is C5H13NS. The van der Waals surface area contributed by atoms with E-state index >= 15 is 0 Å². The second kappa shape index (κ2) is 4.47. The van der Waals surface area contributed by atoms with Gasteiger partial charge in [0.1, 0.15) is 0 Å². The molecular weight excluding hydrogens is 106 g/mol. The van der Waals surface area contributed by atoms with Gasteiger partial charge in [0.2, 0.25) is 0 Å². The number of hydrogen-bond donors (Lipinski definition) is 2. The smallest absolute Gasteiger partial charge is 0.00107 e. The zero-order chi connectivity index (χ0) is 5.70. The van der Waals surface area contributed by atoms with Crippen molar-refractivity contribution >= 4 is 12.6 Å². The zero-order valence-corrected chi connectivity index (χ0v) is 5.62. The van der Waals surface area contributed by atoms with Gasteiger partial charge in [-0.1, -0.05) is 0 Å². The van der Waals surface area contributed by atoms with Crippen LogP contribution >= 0.6 is 12.6 Å². The summed E-state index contributed by atoms with van der Waals surface area (Å²) >= 11 is 4.04. The molecule has 0 radical (unpaired) electrons. The first kappa shape index (κ1) is 7.31. The van der Waals surface area contributed by atoms with Gasteiger partial charge >= 0.3 is 0 Å². The Morgan fingerprint density at radius 1 is 1.71 bits per heavy atom. The van der Waals surface area contributed by atoms with Gasteiger partial charge in [0.05, 0.1) is 0 Å². The van der Waals surface area contributed by atoms with Crippen molar-refractivity contribution in [1.82, 2.24) is 0 Å². The molecule has 44 valence electrons. The Kier molecular flexibility index (Phi) is 4.67. The Labute approximate surface area is 50.7 Å². The van der Waals surface area contributed by atoms with Gasteiger partial charge in [-0.2, -0.15) is 12.6 Å². The average Bonchev–Trinajstić information content (AvgIpc) is 1.61. The van der Waals surface area contributed by atoms with Crippen molar-refractivity contribution in [3.05, 3.63) is 0 Å². The van der Waals surface area contributed by atoms with E-state index in [0.717, 1.165) is 18.6 Å². The van der Waals surface area contributed by atoms with Crippen molar-refractivity contribution in [1.29, 1.82) is 0 Å². The van der Waals surface area contributed by atoms with Gasteiger partial charge in [-0.05, 0) is 25.5 Å².